The third kappa shape index (κ3) is 3.64. The first-order chi connectivity index (χ1) is 14.3. The fraction of sp³-hybridized carbons (Fsp3) is 0. The smallest absolute Gasteiger partial charge is 0.183 e. The molecule has 0 aliphatic heterocycles. The molecule has 0 aliphatic carbocycles. The molecule has 6 heteroatoms. The van der Waals surface area contributed by atoms with Crippen LogP contribution in [0.25, 0.3) is 22.6 Å². The van der Waals surface area contributed by atoms with Crippen molar-refractivity contribution in [1.29, 1.82) is 0 Å². The van der Waals surface area contributed by atoms with Gasteiger partial charge >= 0.3 is 0 Å². The predicted octanol–water partition coefficient (Wildman–Crippen LogP) is 5.56. The highest BCUT2D eigenvalue weighted by Gasteiger charge is 2.11. The van der Waals surface area contributed by atoms with E-state index in [1.54, 1.807) is 6.33 Å². The van der Waals surface area contributed by atoms with E-state index in [0.29, 0.717) is 17.3 Å². The minimum Gasteiger partial charge on any atom is -0.457 e. The fourth-order valence-corrected chi connectivity index (χ4v) is 3.01. The van der Waals surface area contributed by atoms with Crippen molar-refractivity contribution < 1.29 is 4.74 Å². The summed E-state index contributed by atoms with van der Waals surface area (Å²) in [7, 11) is 0. The zero-order valence-corrected chi connectivity index (χ0v) is 15.4. The second kappa shape index (κ2) is 7.44. The third-order valence-electron chi connectivity index (χ3n) is 4.41. The summed E-state index contributed by atoms with van der Waals surface area (Å²) in [6.07, 6.45) is 1.62. The van der Waals surface area contributed by atoms with E-state index in [9.17, 15) is 0 Å². The van der Waals surface area contributed by atoms with Gasteiger partial charge in [-0.05, 0) is 36.4 Å². The number of nitrogens with zero attached hydrogens (tertiary/aromatic N) is 3. The number of benzene rings is 3. The zero-order chi connectivity index (χ0) is 19.5. The summed E-state index contributed by atoms with van der Waals surface area (Å²) in [5.41, 5.74) is 3.20. The van der Waals surface area contributed by atoms with Crippen molar-refractivity contribution in [3.05, 3.63) is 91.3 Å². The molecule has 0 bridgehead atoms. The largest absolute Gasteiger partial charge is 0.457 e. The van der Waals surface area contributed by atoms with E-state index < -0.39 is 0 Å². The number of anilines is 2. The molecular weight excluding hydrogens is 362 g/mol. The van der Waals surface area contributed by atoms with Gasteiger partial charge in [0.05, 0.1) is 6.33 Å². The molecule has 0 radical (unpaired) electrons. The molecule has 29 heavy (non-hydrogen) atoms. The van der Waals surface area contributed by atoms with Crippen LogP contribution in [-0.2, 0) is 0 Å². The molecule has 0 aliphatic rings. The average Bonchev–Trinajstić information content (AvgIpc) is 3.26. The van der Waals surface area contributed by atoms with Gasteiger partial charge in [-0.2, -0.15) is 0 Å². The molecule has 2 N–H and O–H groups in total. The van der Waals surface area contributed by atoms with Gasteiger partial charge in [-0.3, -0.25) is 0 Å². The van der Waals surface area contributed by atoms with Crippen molar-refractivity contribution in [2.45, 2.75) is 0 Å². The number of hydrogen-bond acceptors (Lipinski definition) is 5. The van der Waals surface area contributed by atoms with E-state index in [1.807, 2.05) is 84.9 Å². The molecule has 0 atom stereocenters. The summed E-state index contributed by atoms with van der Waals surface area (Å²) in [5.74, 6) is 2.86. The van der Waals surface area contributed by atoms with Crippen molar-refractivity contribution in [2.75, 3.05) is 5.32 Å². The van der Waals surface area contributed by atoms with Crippen LogP contribution in [0.3, 0.4) is 0 Å². The Morgan fingerprint density at radius 1 is 0.724 bits per heavy atom. The number of para-hydroxylation sites is 1. The van der Waals surface area contributed by atoms with E-state index in [-0.39, 0.29) is 0 Å². The van der Waals surface area contributed by atoms with E-state index in [2.05, 4.69) is 20.3 Å². The standard InChI is InChI=1S/C23H17N5O/c1-3-7-16(8-4-1)21-27-22-20(24-15-25-22)23(28-21)26-17-11-13-19(14-12-17)29-18-9-5-2-6-10-18/h1-15H,(H2,24,25,26,27,28). The van der Waals surface area contributed by atoms with Crippen molar-refractivity contribution >= 4 is 22.7 Å². The minimum absolute atomic E-state index is 0.616. The van der Waals surface area contributed by atoms with Crippen LogP contribution in [0.5, 0.6) is 11.5 Å². The van der Waals surface area contributed by atoms with E-state index in [4.69, 9.17) is 9.72 Å². The Hall–Kier alpha value is -4.19. The van der Waals surface area contributed by atoms with Crippen LogP contribution in [0, 0.1) is 0 Å². The maximum Gasteiger partial charge on any atom is 0.183 e. The summed E-state index contributed by atoms with van der Waals surface area (Å²) in [6.45, 7) is 0. The summed E-state index contributed by atoms with van der Waals surface area (Å²) >= 11 is 0. The number of rotatable bonds is 5. The van der Waals surface area contributed by atoms with Gasteiger partial charge in [-0.25, -0.2) is 15.0 Å². The number of nitrogens with one attached hydrogen (secondary N) is 2. The van der Waals surface area contributed by atoms with Crippen molar-refractivity contribution in [2.24, 2.45) is 0 Å². The van der Waals surface area contributed by atoms with Gasteiger partial charge in [0.15, 0.2) is 17.3 Å². The maximum absolute atomic E-state index is 5.85. The van der Waals surface area contributed by atoms with Crippen LogP contribution in [-0.4, -0.2) is 19.9 Å². The Balaban J connectivity index is 1.43. The second-order valence-electron chi connectivity index (χ2n) is 6.43. The van der Waals surface area contributed by atoms with Crippen molar-refractivity contribution in [3.63, 3.8) is 0 Å². The van der Waals surface area contributed by atoms with Crippen LogP contribution in [0.2, 0.25) is 0 Å². The summed E-state index contributed by atoms with van der Waals surface area (Å²) in [4.78, 5) is 16.7. The molecule has 0 saturated heterocycles. The fourth-order valence-electron chi connectivity index (χ4n) is 3.01. The zero-order valence-electron chi connectivity index (χ0n) is 15.4. The number of H-pyrrole nitrogens is 1. The van der Waals surface area contributed by atoms with Gasteiger partial charge < -0.3 is 15.0 Å². The van der Waals surface area contributed by atoms with Gasteiger partial charge in [0, 0.05) is 11.3 Å². The third-order valence-corrected chi connectivity index (χ3v) is 4.41. The lowest BCUT2D eigenvalue weighted by Gasteiger charge is -2.10. The molecule has 140 valence electrons. The lowest BCUT2D eigenvalue weighted by Crippen LogP contribution is -1.99. The molecule has 0 unspecified atom stereocenters. The first-order valence-electron chi connectivity index (χ1n) is 9.22. The topological polar surface area (TPSA) is 75.7 Å². The number of aromatic nitrogens is 4. The van der Waals surface area contributed by atoms with Crippen molar-refractivity contribution in [3.8, 4) is 22.9 Å². The quantitative estimate of drug-likeness (QED) is 0.418. The van der Waals surface area contributed by atoms with Crippen LogP contribution in [0.15, 0.2) is 91.3 Å². The molecule has 2 aromatic heterocycles. The van der Waals surface area contributed by atoms with E-state index >= 15 is 0 Å². The number of fused-ring (bicyclic) bond motifs is 1. The number of aromatic amines is 1. The Labute approximate surface area is 167 Å². The number of ether oxygens (including phenoxy) is 1. The number of imidazole rings is 1. The van der Waals surface area contributed by atoms with Gasteiger partial charge in [0.25, 0.3) is 0 Å². The van der Waals surface area contributed by atoms with Gasteiger partial charge in [0.2, 0.25) is 0 Å². The highest BCUT2D eigenvalue weighted by atomic mass is 16.5. The molecule has 2 heterocycles. The summed E-state index contributed by atoms with van der Waals surface area (Å²) < 4.78 is 5.85. The molecule has 3 aromatic carbocycles. The molecule has 6 nitrogen and oxygen atoms in total. The van der Waals surface area contributed by atoms with E-state index in [0.717, 1.165) is 28.3 Å². The Morgan fingerprint density at radius 2 is 1.41 bits per heavy atom. The SMILES string of the molecule is c1ccc(Oc2ccc(Nc3nc(-c4ccccc4)nc4nc[nH]c34)cc2)cc1. The van der Waals surface area contributed by atoms with Gasteiger partial charge in [-0.15, -0.1) is 0 Å². The maximum atomic E-state index is 5.85. The van der Waals surface area contributed by atoms with Crippen LogP contribution in [0.4, 0.5) is 11.5 Å². The molecule has 0 spiro atoms. The molecule has 5 rings (SSSR count). The lowest BCUT2D eigenvalue weighted by atomic mass is 10.2. The highest BCUT2D eigenvalue weighted by Crippen LogP contribution is 2.27. The molecule has 5 aromatic rings. The average molecular weight is 379 g/mol. The Morgan fingerprint density at radius 3 is 2.17 bits per heavy atom. The minimum atomic E-state index is 0.616. The molecule has 0 saturated carbocycles. The summed E-state index contributed by atoms with van der Waals surface area (Å²) in [5, 5.41) is 3.36. The monoisotopic (exact) mass is 379 g/mol. The van der Waals surface area contributed by atoms with Crippen molar-refractivity contribution in [1.82, 2.24) is 19.9 Å². The second-order valence-corrected chi connectivity index (χ2v) is 6.43. The van der Waals surface area contributed by atoms with Crippen LogP contribution in [0.1, 0.15) is 0 Å². The predicted molar refractivity (Wildman–Crippen MR) is 113 cm³/mol. The van der Waals surface area contributed by atoms with Gasteiger partial charge in [-0.1, -0.05) is 48.5 Å². The molecule has 0 fully saturated rings. The van der Waals surface area contributed by atoms with Crippen LogP contribution >= 0.6 is 0 Å². The van der Waals surface area contributed by atoms with Crippen LogP contribution < -0.4 is 10.1 Å². The lowest BCUT2D eigenvalue weighted by molar-refractivity contribution is 0.483. The molecular formula is C23H17N5O. The van der Waals surface area contributed by atoms with E-state index in [1.165, 1.54) is 0 Å². The first kappa shape index (κ1) is 16.9. The Bertz CT molecular complexity index is 1240. The first-order valence-corrected chi connectivity index (χ1v) is 9.22. The normalized spacial score (nSPS) is 10.8. The van der Waals surface area contributed by atoms with Gasteiger partial charge in [0.1, 0.15) is 17.0 Å². The summed E-state index contributed by atoms with van der Waals surface area (Å²) in [6, 6.07) is 27.3. The number of hydrogen-bond donors (Lipinski definition) is 2. The highest BCUT2D eigenvalue weighted by molar-refractivity contribution is 5.86. The molecule has 0 amide bonds. The Kier molecular flexibility index (Phi) is 4.35.